The lowest BCUT2D eigenvalue weighted by molar-refractivity contribution is 0.144. The third-order valence-corrected chi connectivity index (χ3v) is 3.91. The number of nitrogens with zero attached hydrogens (tertiary/aromatic N) is 1. The molecule has 0 aromatic heterocycles. The number of benzene rings is 1. The predicted octanol–water partition coefficient (Wildman–Crippen LogP) is 1.85. The SMILES string of the molecule is O=P(O)(O)N=C1C=CC(O)=CC1C(O)CCc1cccc(O)c1. The third kappa shape index (κ3) is 5.33. The van der Waals surface area contributed by atoms with Gasteiger partial charge >= 0.3 is 7.75 Å². The van der Waals surface area contributed by atoms with E-state index < -0.39 is 19.8 Å². The maximum Gasteiger partial charge on any atom is 0.448 e. The van der Waals surface area contributed by atoms with Crippen molar-refractivity contribution < 1.29 is 29.7 Å². The lowest BCUT2D eigenvalue weighted by atomic mass is 9.89. The molecule has 8 heteroatoms. The van der Waals surface area contributed by atoms with Gasteiger partial charge in [-0.15, -0.1) is 0 Å². The largest absolute Gasteiger partial charge is 0.508 e. The zero-order valence-corrected chi connectivity index (χ0v) is 13.0. The van der Waals surface area contributed by atoms with E-state index in [0.717, 1.165) is 5.56 Å². The van der Waals surface area contributed by atoms with Crippen molar-refractivity contribution in [2.45, 2.75) is 18.9 Å². The van der Waals surface area contributed by atoms with Crippen LogP contribution in [0.5, 0.6) is 5.75 Å². The Hall–Kier alpha value is -1.92. The highest BCUT2D eigenvalue weighted by atomic mass is 31.2. The lowest BCUT2D eigenvalue weighted by Crippen LogP contribution is -2.28. The van der Waals surface area contributed by atoms with Gasteiger partial charge in [-0.05, 0) is 48.8 Å². The van der Waals surface area contributed by atoms with Gasteiger partial charge in [-0.1, -0.05) is 12.1 Å². The van der Waals surface area contributed by atoms with Crippen molar-refractivity contribution in [2.75, 3.05) is 0 Å². The summed E-state index contributed by atoms with van der Waals surface area (Å²) in [4.78, 5) is 17.9. The van der Waals surface area contributed by atoms with Gasteiger partial charge in [-0.3, -0.25) is 0 Å². The molecule has 0 heterocycles. The van der Waals surface area contributed by atoms with Crippen molar-refractivity contribution in [1.82, 2.24) is 0 Å². The molecule has 0 amide bonds. The number of aromatic hydroxyl groups is 1. The molecule has 0 aliphatic heterocycles. The average Bonchev–Trinajstić information content (AvgIpc) is 2.45. The highest BCUT2D eigenvalue weighted by Gasteiger charge is 2.26. The number of hydrogen-bond acceptors (Lipinski definition) is 4. The molecule has 1 aromatic rings. The molecule has 1 aromatic carbocycles. The fourth-order valence-corrected chi connectivity index (χ4v) is 2.87. The fourth-order valence-electron chi connectivity index (χ4n) is 2.37. The molecule has 2 unspecified atom stereocenters. The topological polar surface area (TPSA) is 131 Å². The van der Waals surface area contributed by atoms with Crippen LogP contribution in [0.2, 0.25) is 0 Å². The van der Waals surface area contributed by atoms with E-state index in [1.165, 1.54) is 24.3 Å². The van der Waals surface area contributed by atoms with E-state index in [2.05, 4.69) is 4.76 Å². The number of aliphatic hydroxyl groups excluding tert-OH is 2. The molecule has 1 aliphatic carbocycles. The first-order chi connectivity index (χ1) is 10.7. The van der Waals surface area contributed by atoms with Crippen molar-refractivity contribution in [2.24, 2.45) is 10.7 Å². The Labute approximate surface area is 133 Å². The molecule has 2 atom stereocenters. The van der Waals surface area contributed by atoms with E-state index in [4.69, 9.17) is 9.79 Å². The molecule has 0 bridgehead atoms. The van der Waals surface area contributed by atoms with Gasteiger partial charge in [0.15, 0.2) is 0 Å². The second-order valence-electron chi connectivity index (χ2n) is 5.26. The van der Waals surface area contributed by atoms with Crippen LogP contribution in [0.25, 0.3) is 0 Å². The van der Waals surface area contributed by atoms with Crippen LogP contribution in [0.3, 0.4) is 0 Å². The van der Waals surface area contributed by atoms with Gasteiger partial charge in [0.25, 0.3) is 0 Å². The number of allylic oxidation sites excluding steroid dienone is 2. The van der Waals surface area contributed by atoms with Gasteiger partial charge < -0.3 is 25.1 Å². The molecule has 2 rings (SSSR count). The number of phenols is 1. The summed E-state index contributed by atoms with van der Waals surface area (Å²) in [5, 5.41) is 29.3. The van der Waals surface area contributed by atoms with Crippen molar-refractivity contribution >= 4 is 13.5 Å². The smallest absolute Gasteiger partial charge is 0.448 e. The molecular weight excluding hydrogens is 321 g/mol. The van der Waals surface area contributed by atoms with E-state index in [1.54, 1.807) is 18.2 Å². The second-order valence-corrected chi connectivity index (χ2v) is 6.49. The van der Waals surface area contributed by atoms with Crippen molar-refractivity contribution in [3.63, 3.8) is 0 Å². The Morgan fingerprint density at radius 3 is 2.61 bits per heavy atom. The monoisotopic (exact) mass is 339 g/mol. The van der Waals surface area contributed by atoms with E-state index in [-0.39, 0.29) is 23.6 Å². The first kappa shape index (κ1) is 17.4. The number of aliphatic hydroxyl groups is 2. The molecule has 7 nitrogen and oxygen atoms in total. The van der Waals surface area contributed by atoms with Crippen molar-refractivity contribution in [3.8, 4) is 5.75 Å². The normalized spacial score (nSPS) is 21.3. The van der Waals surface area contributed by atoms with Crippen LogP contribution in [0.4, 0.5) is 0 Å². The fraction of sp³-hybridized carbons (Fsp3) is 0.267. The van der Waals surface area contributed by atoms with Crippen molar-refractivity contribution in [1.29, 1.82) is 0 Å². The quantitative estimate of drug-likeness (QED) is 0.520. The summed E-state index contributed by atoms with van der Waals surface area (Å²) < 4.78 is 14.4. The first-order valence-corrected chi connectivity index (χ1v) is 8.51. The van der Waals surface area contributed by atoms with E-state index >= 15 is 0 Å². The molecule has 23 heavy (non-hydrogen) atoms. The minimum Gasteiger partial charge on any atom is -0.508 e. The maximum atomic E-state index is 11.0. The van der Waals surface area contributed by atoms with Gasteiger partial charge in [0.1, 0.15) is 11.5 Å². The summed E-state index contributed by atoms with van der Waals surface area (Å²) in [6, 6.07) is 6.60. The summed E-state index contributed by atoms with van der Waals surface area (Å²) in [7, 11) is -4.63. The van der Waals surface area contributed by atoms with Crippen LogP contribution in [0, 0.1) is 5.92 Å². The number of phenolic OH excluding ortho intramolecular Hbond substituents is 1. The minimum absolute atomic E-state index is 0.0135. The molecule has 5 N–H and O–H groups in total. The summed E-state index contributed by atoms with van der Waals surface area (Å²) in [6.45, 7) is 0. The van der Waals surface area contributed by atoms with Gasteiger partial charge in [-0.25, -0.2) is 4.57 Å². The molecule has 0 saturated carbocycles. The summed E-state index contributed by atoms with van der Waals surface area (Å²) in [5.41, 5.74) is 0.830. The number of hydrogen-bond donors (Lipinski definition) is 5. The van der Waals surface area contributed by atoms with Crippen LogP contribution in [-0.4, -0.2) is 36.9 Å². The first-order valence-electron chi connectivity index (χ1n) is 6.95. The van der Waals surface area contributed by atoms with Crippen LogP contribution in [0.1, 0.15) is 12.0 Å². The minimum atomic E-state index is -4.63. The maximum absolute atomic E-state index is 11.0. The summed E-state index contributed by atoms with van der Waals surface area (Å²) >= 11 is 0. The molecule has 0 radical (unpaired) electrons. The van der Waals surface area contributed by atoms with Crippen molar-refractivity contribution in [3.05, 3.63) is 53.8 Å². The third-order valence-electron chi connectivity index (χ3n) is 3.42. The highest BCUT2D eigenvalue weighted by Crippen LogP contribution is 2.38. The van der Waals surface area contributed by atoms with Crippen LogP contribution in [-0.2, 0) is 11.0 Å². The van der Waals surface area contributed by atoms with Gasteiger partial charge in [0, 0.05) is 5.92 Å². The molecule has 1 aliphatic rings. The van der Waals surface area contributed by atoms with E-state index in [1.807, 2.05) is 0 Å². The number of aryl methyl sites for hydroxylation is 1. The van der Waals surface area contributed by atoms with Gasteiger partial charge in [0.2, 0.25) is 0 Å². The Morgan fingerprint density at radius 1 is 1.22 bits per heavy atom. The van der Waals surface area contributed by atoms with Crippen LogP contribution >= 0.6 is 7.75 Å². The highest BCUT2D eigenvalue weighted by molar-refractivity contribution is 7.50. The lowest BCUT2D eigenvalue weighted by Gasteiger charge is -2.23. The molecular formula is C15H18NO6P. The molecule has 0 saturated heterocycles. The number of rotatable bonds is 5. The van der Waals surface area contributed by atoms with Crippen LogP contribution < -0.4 is 0 Å². The second kappa shape index (κ2) is 7.10. The van der Waals surface area contributed by atoms with E-state index in [0.29, 0.717) is 6.42 Å². The standard InChI is InChI=1S/C15H18NO6P/c17-11-3-1-2-10(8-11)4-7-15(19)13-9-12(18)5-6-14(13)16-23(20,21)22/h1-3,5-6,8-9,13,15,17-19H,4,7H2,(H2,20,21,22). The molecule has 0 fully saturated rings. The van der Waals surface area contributed by atoms with Gasteiger partial charge in [-0.2, -0.15) is 4.76 Å². The Balaban J connectivity index is 2.12. The zero-order valence-electron chi connectivity index (χ0n) is 12.1. The Morgan fingerprint density at radius 2 is 1.96 bits per heavy atom. The molecule has 124 valence electrons. The summed E-state index contributed by atoms with van der Waals surface area (Å²) in [5.74, 6) is -0.792. The Kier molecular flexibility index (Phi) is 5.38. The Bertz CT molecular complexity index is 706. The van der Waals surface area contributed by atoms with Gasteiger partial charge in [0.05, 0.1) is 11.8 Å². The zero-order chi connectivity index (χ0) is 17.0. The van der Waals surface area contributed by atoms with Crippen LogP contribution in [0.15, 0.2) is 53.0 Å². The predicted molar refractivity (Wildman–Crippen MR) is 85.3 cm³/mol. The summed E-state index contributed by atoms with van der Waals surface area (Å²) in [6.07, 6.45) is 3.57. The average molecular weight is 339 g/mol. The van der Waals surface area contributed by atoms with E-state index in [9.17, 15) is 19.9 Å². The molecule has 0 spiro atoms.